The maximum Gasteiger partial charge on any atom is 0.0431 e. The molecule has 0 aliphatic heterocycles. The standard InChI is InChI=1S/C13H21NO/c1-11-7-3-4-8-13(11)12(2)14-9-5-6-10-15/h3-4,7-8,12,14-15H,5-6,9-10H2,1-2H3/t12-/m0/s1. The van der Waals surface area contributed by atoms with Gasteiger partial charge in [-0.25, -0.2) is 0 Å². The van der Waals surface area contributed by atoms with Crippen LogP contribution in [0.5, 0.6) is 0 Å². The molecule has 1 aromatic rings. The first-order chi connectivity index (χ1) is 7.25. The highest BCUT2D eigenvalue weighted by Gasteiger charge is 2.05. The number of hydrogen-bond acceptors (Lipinski definition) is 2. The van der Waals surface area contributed by atoms with E-state index in [0.29, 0.717) is 12.6 Å². The van der Waals surface area contributed by atoms with Gasteiger partial charge in [0.1, 0.15) is 0 Å². The van der Waals surface area contributed by atoms with Crippen molar-refractivity contribution in [1.29, 1.82) is 0 Å². The molecule has 0 aliphatic rings. The van der Waals surface area contributed by atoms with Gasteiger partial charge in [0, 0.05) is 12.6 Å². The van der Waals surface area contributed by atoms with Crippen molar-refractivity contribution in [3.8, 4) is 0 Å². The minimum absolute atomic E-state index is 0.292. The first-order valence-electron chi connectivity index (χ1n) is 5.65. The minimum Gasteiger partial charge on any atom is -0.396 e. The summed E-state index contributed by atoms with van der Waals surface area (Å²) in [5, 5.41) is 12.1. The zero-order valence-corrected chi connectivity index (χ0v) is 9.66. The van der Waals surface area contributed by atoms with E-state index >= 15 is 0 Å². The largest absolute Gasteiger partial charge is 0.396 e. The summed E-state index contributed by atoms with van der Waals surface area (Å²) in [4.78, 5) is 0. The molecule has 0 radical (unpaired) electrons. The van der Waals surface area contributed by atoms with E-state index < -0.39 is 0 Å². The maximum absolute atomic E-state index is 8.66. The molecule has 0 heterocycles. The summed E-state index contributed by atoms with van der Waals surface area (Å²) < 4.78 is 0. The Morgan fingerprint density at radius 3 is 2.67 bits per heavy atom. The van der Waals surface area contributed by atoms with E-state index in [0.717, 1.165) is 19.4 Å². The number of unbranched alkanes of at least 4 members (excludes halogenated alkanes) is 1. The summed E-state index contributed by atoms with van der Waals surface area (Å²) in [5.41, 5.74) is 2.70. The Labute approximate surface area is 92.3 Å². The molecular weight excluding hydrogens is 186 g/mol. The molecule has 2 heteroatoms. The third kappa shape index (κ3) is 4.02. The third-order valence-corrected chi connectivity index (χ3v) is 2.69. The van der Waals surface area contributed by atoms with Gasteiger partial charge in [0.05, 0.1) is 0 Å². The smallest absolute Gasteiger partial charge is 0.0431 e. The van der Waals surface area contributed by atoms with Crippen LogP contribution in [0, 0.1) is 6.92 Å². The van der Waals surface area contributed by atoms with Crippen LogP contribution in [-0.2, 0) is 0 Å². The molecule has 0 bridgehead atoms. The number of hydrogen-bond donors (Lipinski definition) is 2. The van der Waals surface area contributed by atoms with Gasteiger partial charge >= 0.3 is 0 Å². The number of nitrogens with one attached hydrogen (secondary N) is 1. The summed E-state index contributed by atoms with van der Waals surface area (Å²) in [5.74, 6) is 0. The predicted molar refractivity (Wildman–Crippen MR) is 63.9 cm³/mol. The lowest BCUT2D eigenvalue weighted by Crippen LogP contribution is -2.20. The highest BCUT2D eigenvalue weighted by atomic mass is 16.2. The molecule has 0 saturated carbocycles. The summed E-state index contributed by atoms with van der Waals surface area (Å²) >= 11 is 0. The molecule has 2 N–H and O–H groups in total. The SMILES string of the molecule is Cc1ccccc1[C@H](C)NCCCCO. The monoisotopic (exact) mass is 207 g/mol. The Kier molecular flexibility index (Phi) is 5.37. The van der Waals surface area contributed by atoms with Gasteiger partial charge in [0.25, 0.3) is 0 Å². The molecule has 2 nitrogen and oxygen atoms in total. The van der Waals surface area contributed by atoms with Crippen molar-refractivity contribution in [2.45, 2.75) is 32.7 Å². The quantitative estimate of drug-likeness (QED) is 0.702. The van der Waals surface area contributed by atoms with Gasteiger partial charge in [0.2, 0.25) is 0 Å². The normalized spacial score (nSPS) is 12.7. The fraction of sp³-hybridized carbons (Fsp3) is 0.538. The average Bonchev–Trinajstić information content (AvgIpc) is 2.25. The lowest BCUT2D eigenvalue weighted by atomic mass is 10.0. The van der Waals surface area contributed by atoms with E-state index in [1.807, 2.05) is 0 Å². The van der Waals surface area contributed by atoms with Crippen LogP contribution in [0.4, 0.5) is 0 Å². The van der Waals surface area contributed by atoms with Crippen LogP contribution in [0.25, 0.3) is 0 Å². The van der Waals surface area contributed by atoms with Gasteiger partial charge in [0.15, 0.2) is 0 Å². The predicted octanol–water partition coefficient (Wildman–Crippen LogP) is 2.42. The van der Waals surface area contributed by atoms with Crippen LogP contribution in [0.15, 0.2) is 24.3 Å². The van der Waals surface area contributed by atoms with Crippen molar-refractivity contribution in [2.24, 2.45) is 0 Å². The third-order valence-electron chi connectivity index (χ3n) is 2.69. The zero-order chi connectivity index (χ0) is 11.1. The molecule has 84 valence electrons. The number of aliphatic hydroxyl groups excluding tert-OH is 1. The van der Waals surface area contributed by atoms with E-state index in [2.05, 4.69) is 43.4 Å². The lowest BCUT2D eigenvalue weighted by Gasteiger charge is -2.16. The highest BCUT2D eigenvalue weighted by Crippen LogP contribution is 2.16. The summed E-state index contributed by atoms with van der Waals surface area (Å²) in [6.07, 6.45) is 1.92. The van der Waals surface area contributed by atoms with Crippen molar-refractivity contribution in [3.63, 3.8) is 0 Å². The molecule has 1 rings (SSSR count). The Bertz CT molecular complexity index is 286. The van der Waals surface area contributed by atoms with Gasteiger partial charge in [-0.1, -0.05) is 24.3 Å². The zero-order valence-electron chi connectivity index (χ0n) is 9.66. The van der Waals surface area contributed by atoms with Crippen LogP contribution in [-0.4, -0.2) is 18.3 Å². The fourth-order valence-electron chi connectivity index (χ4n) is 1.74. The molecular formula is C13H21NO. The summed E-state index contributed by atoms with van der Waals surface area (Å²) in [6.45, 7) is 5.58. The van der Waals surface area contributed by atoms with E-state index in [-0.39, 0.29) is 0 Å². The van der Waals surface area contributed by atoms with Crippen LogP contribution >= 0.6 is 0 Å². The number of benzene rings is 1. The molecule has 0 amide bonds. The van der Waals surface area contributed by atoms with Gasteiger partial charge in [-0.3, -0.25) is 0 Å². The molecule has 0 unspecified atom stereocenters. The molecule has 15 heavy (non-hydrogen) atoms. The van der Waals surface area contributed by atoms with Gasteiger partial charge in [-0.05, 0) is 44.4 Å². The van der Waals surface area contributed by atoms with Crippen molar-refractivity contribution in [1.82, 2.24) is 5.32 Å². The Hall–Kier alpha value is -0.860. The second-order valence-corrected chi connectivity index (χ2v) is 3.96. The van der Waals surface area contributed by atoms with E-state index in [1.54, 1.807) is 0 Å². The molecule has 0 saturated heterocycles. The summed E-state index contributed by atoms with van der Waals surface area (Å²) in [6, 6.07) is 8.84. The molecule has 1 atom stereocenters. The van der Waals surface area contributed by atoms with Crippen LogP contribution in [0.1, 0.15) is 36.9 Å². The molecule has 0 fully saturated rings. The number of rotatable bonds is 6. The van der Waals surface area contributed by atoms with Crippen LogP contribution in [0.2, 0.25) is 0 Å². The maximum atomic E-state index is 8.66. The van der Waals surface area contributed by atoms with E-state index in [4.69, 9.17) is 5.11 Å². The van der Waals surface area contributed by atoms with Crippen molar-refractivity contribution < 1.29 is 5.11 Å². The number of aliphatic hydroxyl groups is 1. The first-order valence-corrected chi connectivity index (χ1v) is 5.65. The second-order valence-electron chi connectivity index (χ2n) is 3.96. The lowest BCUT2D eigenvalue weighted by molar-refractivity contribution is 0.283. The molecule has 1 aromatic carbocycles. The number of aryl methyl sites for hydroxylation is 1. The highest BCUT2D eigenvalue weighted by molar-refractivity contribution is 5.28. The second kappa shape index (κ2) is 6.59. The molecule has 0 aliphatic carbocycles. The van der Waals surface area contributed by atoms with Crippen molar-refractivity contribution >= 4 is 0 Å². The molecule has 0 aromatic heterocycles. The Balaban J connectivity index is 2.40. The van der Waals surface area contributed by atoms with Crippen LogP contribution < -0.4 is 5.32 Å². The van der Waals surface area contributed by atoms with E-state index in [9.17, 15) is 0 Å². The van der Waals surface area contributed by atoms with Gasteiger partial charge in [-0.15, -0.1) is 0 Å². The van der Waals surface area contributed by atoms with Crippen LogP contribution in [0.3, 0.4) is 0 Å². The fourth-order valence-corrected chi connectivity index (χ4v) is 1.74. The van der Waals surface area contributed by atoms with Gasteiger partial charge < -0.3 is 10.4 Å². The Morgan fingerprint density at radius 2 is 2.00 bits per heavy atom. The topological polar surface area (TPSA) is 32.3 Å². The van der Waals surface area contributed by atoms with E-state index in [1.165, 1.54) is 11.1 Å². The Morgan fingerprint density at radius 1 is 1.27 bits per heavy atom. The first kappa shape index (κ1) is 12.2. The minimum atomic E-state index is 0.292. The molecule has 0 spiro atoms. The van der Waals surface area contributed by atoms with Gasteiger partial charge in [-0.2, -0.15) is 0 Å². The van der Waals surface area contributed by atoms with Crippen molar-refractivity contribution in [3.05, 3.63) is 35.4 Å². The summed E-state index contributed by atoms with van der Waals surface area (Å²) in [7, 11) is 0. The average molecular weight is 207 g/mol. The van der Waals surface area contributed by atoms with Crippen molar-refractivity contribution in [2.75, 3.05) is 13.2 Å².